The standard InChI is InChI=1S/C21H18BrN3O3/c1-11(2)28-16-9-8-13(19(26)17(16)22)18-14(12-6-4-3-5-7-12)10-15-20(23-18)24-25-21(15)27/h3-11,26H,1-2H3,(H2,23,24,25,27). The summed E-state index contributed by atoms with van der Waals surface area (Å²) in [5, 5.41) is 16.6. The van der Waals surface area contributed by atoms with Gasteiger partial charge in [0.25, 0.3) is 5.56 Å². The molecule has 0 aliphatic rings. The van der Waals surface area contributed by atoms with E-state index in [-0.39, 0.29) is 17.4 Å². The number of hydrogen-bond acceptors (Lipinski definition) is 4. The summed E-state index contributed by atoms with van der Waals surface area (Å²) in [5.74, 6) is 0.578. The zero-order valence-corrected chi connectivity index (χ0v) is 16.9. The van der Waals surface area contributed by atoms with Crippen molar-refractivity contribution in [2.24, 2.45) is 0 Å². The number of halogens is 1. The van der Waals surface area contributed by atoms with Crippen LogP contribution in [0, 0.1) is 0 Å². The second-order valence-corrected chi connectivity index (χ2v) is 7.46. The third kappa shape index (κ3) is 3.18. The molecule has 2 aromatic carbocycles. The molecule has 7 heteroatoms. The lowest BCUT2D eigenvalue weighted by Crippen LogP contribution is -2.06. The Balaban J connectivity index is 1.98. The van der Waals surface area contributed by atoms with Crippen molar-refractivity contribution in [2.45, 2.75) is 20.0 Å². The van der Waals surface area contributed by atoms with Crippen LogP contribution in [0.15, 0.2) is 57.8 Å². The van der Waals surface area contributed by atoms with Crippen molar-refractivity contribution in [1.82, 2.24) is 15.2 Å². The Hall–Kier alpha value is -3.06. The van der Waals surface area contributed by atoms with Crippen LogP contribution in [-0.4, -0.2) is 26.4 Å². The number of ether oxygens (including phenoxy) is 1. The Morgan fingerprint density at radius 1 is 1.07 bits per heavy atom. The summed E-state index contributed by atoms with van der Waals surface area (Å²) >= 11 is 3.42. The summed E-state index contributed by atoms with van der Waals surface area (Å²) in [4.78, 5) is 16.7. The molecule has 4 rings (SSSR count). The first kappa shape index (κ1) is 18.3. The molecule has 0 saturated heterocycles. The minimum Gasteiger partial charge on any atom is -0.506 e. The minimum atomic E-state index is -0.239. The number of H-pyrrole nitrogens is 2. The number of pyridine rings is 1. The lowest BCUT2D eigenvalue weighted by atomic mass is 9.98. The van der Waals surface area contributed by atoms with Crippen LogP contribution in [0.5, 0.6) is 11.5 Å². The highest BCUT2D eigenvalue weighted by Gasteiger charge is 2.20. The van der Waals surface area contributed by atoms with Gasteiger partial charge < -0.3 is 9.84 Å². The van der Waals surface area contributed by atoms with Gasteiger partial charge in [-0.2, -0.15) is 0 Å². The first-order valence-corrected chi connectivity index (χ1v) is 9.60. The molecule has 0 saturated carbocycles. The Kier molecular flexibility index (Phi) is 4.68. The quantitative estimate of drug-likeness (QED) is 0.424. The maximum absolute atomic E-state index is 12.1. The maximum Gasteiger partial charge on any atom is 0.273 e. The number of phenolic OH excluding ortho intramolecular Hbond substituents is 1. The smallest absolute Gasteiger partial charge is 0.273 e. The Morgan fingerprint density at radius 2 is 1.82 bits per heavy atom. The fraction of sp³-hybridized carbons (Fsp3) is 0.143. The van der Waals surface area contributed by atoms with Crippen molar-refractivity contribution in [3.63, 3.8) is 0 Å². The summed E-state index contributed by atoms with van der Waals surface area (Å²) in [6.45, 7) is 3.84. The lowest BCUT2D eigenvalue weighted by molar-refractivity contribution is 0.239. The maximum atomic E-state index is 12.1. The highest BCUT2D eigenvalue weighted by Crippen LogP contribution is 2.44. The molecule has 0 fully saturated rings. The number of benzene rings is 2. The van der Waals surface area contributed by atoms with Gasteiger partial charge in [0.2, 0.25) is 0 Å². The Labute approximate surface area is 169 Å². The van der Waals surface area contributed by atoms with Crippen LogP contribution in [0.4, 0.5) is 0 Å². The van der Waals surface area contributed by atoms with Crippen molar-refractivity contribution in [2.75, 3.05) is 0 Å². The van der Waals surface area contributed by atoms with Crippen LogP contribution in [0.3, 0.4) is 0 Å². The number of hydrogen-bond donors (Lipinski definition) is 3. The summed E-state index contributed by atoms with van der Waals surface area (Å²) in [6, 6.07) is 15.0. The summed E-state index contributed by atoms with van der Waals surface area (Å²) < 4.78 is 6.19. The highest BCUT2D eigenvalue weighted by atomic mass is 79.9. The third-order valence-electron chi connectivity index (χ3n) is 4.34. The van der Waals surface area contributed by atoms with E-state index in [1.54, 1.807) is 18.2 Å². The molecule has 142 valence electrons. The average molecular weight is 440 g/mol. The molecule has 4 aromatic rings. The summed E-state index contributed by atoms with van der Waals surface area (Å²) in [6.07, 6.45) is -0.0270. The Morgan fingerprint density at radius 3 is 2.54 bits per heavy atom. The van der Waals surface area contributed by atoms with Gasteiger partial charge in [-0.15, -0.1) is 0 Å². The van der Waals surface area contributed by atoms with E-state index in [9.17, 15) is 9.90 Å². The molecule has 0 aliphatic heterocycles. The number of aromatic nitrogens is 3. The number of nitrogens with one attached hydrogen (secondary N) is 2. The van der Waals surface area contributed by atoms with Gasteiger partial charge in [-0.25, -0.2) is 4.98 Å². The largest absolute Gasteiger partial charge is 0.506 e. The van der Waals surface area contributed by atoms with Crippen molar-refractivity contribution >= 4 is 27.0 Å². The number of aromatic amines is 2. The number of nitrogens with zero attached hydrogens (tertiary/aromatic N) is 1. The van der Waals surface area contributed by atoms with Gasteiger partial charge in [0, 0.05) is 11.1 Å². The molecule has 3 N–H and O–H groups in total. The molecule has 0 bridgehead atoms. The second kappa shape index (κ2) is 7.16. The first-order valence-electron chi connectivity index (χ1n) is 8.81. The van der Waals surface area contributed by atoms with E-state index in [2.05, 4.69) is 31.1 Å². The fourth-order valence-corrected chi connectivity index (χ4v) is 3.53. The van der Waals surface area contributed by atoms with Gasteiger partial charge in [-0.3, -0.25) is 15.0 Å². The molecule has 0 atom stereocenters. The van der Waals surface area contributed by atoms with E-state index < -0.39 is 0 Å². The molecular weight excluding hydrogens is 422 g/mol. The van der Waals surface area contributed by atoms with Crippen molar-refractivity contribution < 1.29 is 9.84 Å². The van der Waals surface area contributed by atoms with Gasteiger partial charge in [-0.05, 0) is 53.5 Å². The van der Waals surface area contributed by atoms with Crippen LogP contribution in [0.2, 0.25) is 0 Å². The van der Waals surface area contributed by atoms with Gasteiger partial charge in [-0.1, -0.05) is 30.3 Å². The van der Waals surface area contributed by atoms with Gasteiger partial charge >= 0.3 is 0 Å². The predicted octanol–water partition coefficient (Wildman–Crippen LogP) is 4.84. The normalized spacial score (nSPS) is 11.3. The molecule has 0 spiro atoms. The number of aromatic hydroxyl groups is 1. The molecular formula is C21H18BrN3O3. The highest BCUT2D eigenvalue weighted by molar-refractivity contribution is 9.10. The minimum absolute atomic E-state index is 0.0270. The number of phenols is 1. The van der Waals surface area contributed by atoms with Crippen LogP contribution in [-0.2, 0) is 0 Å². The molecule has 2 aromatic heterocycles. The van der Waals surface area contributed by atoms with Gasteiger partial charge in [0.05, 0.1) is 17.2 Å². The summed E-state index contributed by atoms with van der Waals surface area (Å²) in [5.41, 5.74) is 2.92. The van der Waals surface area contributed by atoms with E-state index in [1.165, 1.54) is 0 Å². The van der Waals surface area contributed by atoms with Crippen LogP contribution < -0.4 is 10.3 Å². The number of rotatable bonds is 4. The van der Waals surface area contributed by atoms with E-state index in [1.807, 2.05) is 44.2 Å². The molecule has 0 unspecified atom stereocenters. The van der Waals surface area contributed by atoms with Gasteiger partial charge in [0.1, 0.15) is 16.0 Å². The molecule has 0 radical (unpaired) electrons. The average Bonchev–Trinajstić information content (AvgIpc) is 3.05. The van der Waals surface area contributed by atoms with E-state index in [0.717, 1.165) is 11.1 Å². The topological polar surface area (TPSA) is 91.0 Å². The van der Waals surface area contributed by atoms with E-state index in [0.29, 0.717) is 32.5 Å². The molecule has 28 heavy (non-hydrogen) atoms. The number of fused-ring (bicyclic) bond motifs is 1. The molecule has 0 amide bonds. The zero-order chi connectivity index (χ0) is 19.8. The van der Waals surface area contributed by atoms with E-state index >= 15 is 0 Å². The lowest BCUT2D eigenvalue weighted by Gasteiger charge is -2.16. The van der Waals surface area contributed by atoms with Crippen molar-refractivity contribution in [3.8, 4) is 33.9 Å². The molecule has 6 nitrogen and oxygen atoms in total. The van der Waals surface area contributed by atoms with E-state index in [4.69, 9.17) is 4.74 Å². The predicted molar refractivity (Wildman–Crippen MR) is 113 cm³/mol. The zero-order valence-electron chi connectivity index (χ0n) is 15.3. The Bertz CT molecular complexity index is 1210. The molecule has 2 heterocycles. The fourth-order valence-electron chi connectivity index (χ4n) is 3.09. The summed E-state index contributed by atoms with van der Waals surface area (Å²) in [7, 11) is 0. The van der Waals surface area contributed by atoms with Crippen LogP contribution >= 0.6 is 15.9 Å². The van der Waals surface area contributed by atoms with Gasteiger partial charge in [0.15, 0.2) is 5.65 Å². The monoisotopic (exact) mass is 439 g/mol. The second-order valence-electron chi connectivity index (χ2n) is 6.67. The van der Waals surface area contributed by atoms with Crippen molar-refractivity contribution in [3.05, 3.63) is 63.4 Å². The van der Waals surface area contributed by atoms with Crippen molar-refractivity contribution in [1.29, 1.82) is 0 Å². The van der Waals surface area contributed by atoms with Crippen LogP contribution in [0.1, 0.15) is 13.8 Å². The first-order chi connectivity index (χ1) is 13.5. The molecule has 0 aliphatic carbocycles. The third-order valence-corrected chi connectivity index (χ3v) is 5.11. The van der Waals surface area contributed by atoms with Crippen LogP contribution in [0.25, 0.3) is 33.4 Å². The SMILES string of the molecule is CC(C)Oc1ccc(-c2nc3[nH][nH]c(=O)c3cc2-c2ccccc2)c(O)c1Br.